The lowest BCUT2D eigenvalue weighted by Crippen LogP contribution is -2.45. The molecule has 0 aliphatic heterocycles. The second-order valence-electron chi connectivity index (χ2n) is 3.46. The van der Waals surface area contributed by atoms with E-state index in [0.717, 1.165) is 0 Å². The van der Waals surface area contributed by atoms with E-state index in [2.05, 4.69) is 16.2 Å². The quantitative estimate of drug-likeness (QED) is 0.562. The van der Waals surface area contributed by atoms with Crippen LogP contribution in [0, 0.1) is 0 Å². The van der Waals surface area contributed by atoms with E-state index in [1.807, 2.05) is 6.92 Å². The lowest BCUT2D eigenvalue weighted by molar-refractivity contribution is 0.0943. The van der Waals surface area contributed by atoms with E-state index in [0.29, 0.717) is 28.8 Å². The fraction of sp³-hybridized carbons (Fsp3) is 0.333. The predicted octanol–water partition coefficient (Wildman–Crippen LogP) is 0.833. The number of amides is 1. The van der Waals surface area contributed by atoms with Crippen LogP contribution in [-0.4, -0.2) is 31.8 Å². The molecule has 104 valence electrons. The first-order valence-electron chi connectivity index (χ1n) is 5.71. The fourth-order valence-electron chi connectivity index (χ4n) is 1.33. The Balaban J connectivity index is 2.78. The highest BCUT2D eigenvalue weighted by atomic mass is 32.1. The third-order valence-corrected chi connectivity index (χ3v) is 2.55. The molecule has 0 saturated carbocycles. The summed E-state index contributed by atoms with van der Waals surface area (Å²) in [6, 6.07) is 4.94. The summed E-state index contributed by atoms with van der Waals surface area (Å²) in [5.74, 6) is 0.782. The SMILES string of the molecule is CCOc1ccc(C(=O)NNC(=S)NC)cc1OC. The average molecular weight is 283 g/mol. The van der Waals surface area contributed by atoms with E-state index in [1.54, 1.807) is 25.2 Å². The van der Waals surface area contributed by atoms with Crippen LogP contribution in [0.1, 0.15) is 17.3 Å². The molecule has 7 heteroatoms. The number of methoxy groups -OCH3 is 1. The number of nitrogens with one attached hydrogen (secondary N) is 3. The summed E-state index contributed by atoms with van der Waals surface area (Å²) in [7, 11) is 3.18. The molecule has 0 aromatic heterocycles. The molecular formula is C12H17N3O3S. The predicted molar refractivity (Wildman–Crippen MR) is 76.4 cm³/mol. The molecule has 0 unspecified atom stereocenters. The van der Waals surface area contributed by atoms with Gasteiger partial charge in [0.1, 0.15) is 0 Å². The van der Waals surface area contributed by atoms with Crippen molar-refractivity contribution < 1.29 is 14.3 Å². The molecule has 0 aliphatic carbocycles. The van der Waals surface area contributed by atoms with Crippen molar-refractivity contribution in [3.05, 3.63) is 23.8 Å². The number of carbonyl (C=O) groups is 1. The molecule has 0 atom stereocenters. The zero-order valence-electron chi connectivity index (χ0n) is 11.1. The summed E-state index contributed by atoms with van der Waals surface area (Å²) < 4.78 is 10.5. The number of hydrogen-bond donors (Lipinski definition) is 3. The maximum atomic E-state index is 11.8. The number of rotatable bonds is 4. The maximum absolute atomic E-state index is 11.8. The summed E-state index contributed by atoms with van der Waals surface area (Å²) in [6.45, 7) is 2.41. The minimum Gasteiger partial charge on any atom is -0.493 e. The minimum absolute atomic E-state index is 0.320. The Morgan fingerprint density at radius 3 is 2.63 bits per heavy atom. The fourth-order valence-corrected chi connectivity index (χ4v) is 1.38. The largest absolute Gasteiger partial charge is 0.493 e. The molecule has 0 aliphatic rings. The molecule has 3 N–H and O–H groups in total. The van der Waals surface area contributed by atoms with Gasteiger partial charge in [0.25, 0.3) is 5.91 Å². The van der Waals surface area contributed by atoms with Crippen LogP contribution in [0.5, 0.6) is 11.5 Å². The molecule has 0 heterocycles. The molecule has 0 bridgehead atoms. The smallest absolute Gasteiger partial charge is 0.269 e. The third-order valence-electron chi connectivity index (χ3n) is 2.24. The highest BCUT2D eigenvalue weighted by molar-refractivity contribution is 7.80. The zero-order valence-corrected chi connectivity index (χ0v) is 11.9. The number of carbonyl (C=O) groups excluding carboxylic acids is 1. The summed E-state index contributed by atoms with van der Waals surface area (Å²) in [6.07, 6.45) is 0. The lowest BCUT2D eigenvalue weighted by Gasteiger charge is -2.12. The van der Waals surface area contributed by atoms with Gasteiger partial charge in [-0.25, -0.2) is 0 Å². The molecule has 1 aromatic rings. The first-order chi connectivity index (χ1) is 9.12. The molecule has 1 rings (SSSR count). The molecule has 1 aromatic carbocycles. The topological polar surface area (TPSA) is 71.6 Å². The highest BCUT2D eigenvalue weighted by Gasteiger charge is 2.10. The number of hydrogen-bond acceptors (Lipinski definition) is 4. The number of thiocarbonyl (C=S) groups is 1. The Bertz CT molecular complexity index is 466. The van der Waals surface area contributed by atoms with Crippen LogP contribution in [0.3, 0.4) is 0 Å². The maximum Gasteiger partial charge on any atom is 0.269 e. The van der Waals surface area contributed by atoms with E-state index in [-0.39, 0.29) is 5.91 Å². The molecule has 0 radical (unpaired) electrons. The van der Waals surface area contributed by atoms with Crippen molar-refractivity contribution in [2.45, 2.75) is 6.92 Å². The Morgan fingerprint density at radius 1 is 1.32 bits per heavy atom. The van der Waals surface area contributed by atoms with Crippen LogP contribution in [0.15, 0.2) is 18.2 Å². The van der Waals surface area contributed by atoms with E-state index < -0.39 is 0 Å². The Morgan fingerprint density at radius 2 is 2.05 bits per heavy atom. The summed E-state index contributed by atoms with van der Waals surface area (Å²) in [5, 5.41) is 3.01. The molecule has 1 amide bonds. The summed E-state index contributed by atoms with van der Waals surface area (Å²) in [4.78, 5) is 11.8. The normalized spacial score (nSPS) is 9.42. The van der Waals surface area contributed by atoms with E-state index in [4.69, 9.17) is 21.7 Å². The van der Waals surface area contributed by atoms with Gasteiger partial charge in [-0.05, 0) is 37.3 Å². The van der Waals surface area contributed by atoms with Crippen molar-refractivity contribution in [2.75, 3.05) is 20.8 Å². The Kier molecular flexibility index (Phi) is 5.87. The first-order valence-corrected chi connectivity index (χ1v) is 6.12. The molecule has 0 spiro atoms. The number of ether oxygens (including phenoxy) is 2. The molecule has 0 fully saturated rings. The second-order valence-corrected chi connectivity index (χ2v) is 3.87. The van der Waals surface area contributed by atoms with Crippen molar-refractivity contribution in [3.63, 3.8) is 0 Å². The Labute approximate surface area is 117 Å². The lowest BCUT2D eigenvalue weighted by atomic mass is 10.2. The molecule has 0 saturated heterocycles. The molecule has 19 heavy (non-hydrogen) atoms. The van der Waals surface area contributed by atoms with Gasteiger partial charge in [-0.3, -0.25) is 15.6 Å². The summed E-state index contributed by atoms with van der Waals surface area (Å²) in [5.41, 5.74) is 5.46. The zero-order chi connectivity index (χ0) is 14.3. The monoisotopic (exact) mass is 283 g/mol. The Hall–Kier alpha value is -2.02. The van der Waals surface area contributed by atoms with Crippen LogP contribution >= 0.6 is 12.2 Å². The standard InChI is InChI=1S/C12H17N3O3S/c1-4-18-9-6-5-8(7-10(9)17-3)11(16)14-15-12(19)13-2/h5-7H,4H2,1-3H3,(H,14,16)(H2,13,15,19). The van der Waals surface area contributed by atoms with Crippen LogP contribution in [0.2, 0.25) is 0 Å². The molecular weight excluding hydrogens is 266 g/mol. The van der Waals surface area contributed by atoms with Crippen LogP contribution in [-0.2, 0) is 0 Å². The number of benzene rings is 1. The van der Waals surface area contributed by atoms with Crippen LogP contribution in [0.4, 0.5) is 0 Å². The van der Waals surface area contributed by atoms with Gasteiger partial charge in [-0.15, -0.1) is 0 Å². The average Bonchev–Trinajstić information content (AvgIpc) is 2.44. The van der Waals surface area contributed by atoms with Gasteiger partial charge in [0.05, 0.1) is 13.7 Å². The van der Waals surface area contributed by atoms with Crippen molar-refractivity contribution >= 4 is 23.2 Å². The van der Waals surface area contributed by atoms with Crippen molar-refractivity contribution in [3.8, 4) is 11.5 Å². The number of hydrazine groups is 1. The van der Waals surface area contributed by atoms with E-state index in [1.165, 1.54) is 7.11 Å². The van der Waals surface area contributed by atoms with E-state index in [9.17, 15) is 4.79 Å². The van der Waals surface area contributed by atoms with Gasteiger partial charge in [-0.2, -0.15) is 0 Å². The van der Waals surface area contributed by atoms with E-state index >= 15 is 0 Å². The van der Waals surface area contributed by atoms with Gasteiger partial charge in [0, 0.05) is 12.6 Å². The van der Waals surface area contributed by atoms with Gasteiger partial charge >= 0.3 is 0 Å². The van der Waals surface area contributed by atoms with Crippen molar-refractivity contribution in [1.82, 2.24) is 16.2 Å². The van der Waals surface area contributed by atoms with Gasteiger partial charge in [-0.1, -0.05) is 0 Å². The summed E-state index contributed by atoms with van der Waals surface area (Å²) >= 11 is 4.85. The van der Waals surface area contributed by atoms with Gasteiger partial charge in [0.2, 0.25) is 0 Å². The van der Waals surface area contributed by atoms with Gasteiger partial charge < -0.3 is 14.8 Å². The second kappa shape index (κ2) is 7.42. The highest BCUT2D eigenvalue weighted by Crippen LogP contribution is 2.27. The van der Waals surface area contributed by atoms with Crippen molar-refractivity contribution in [1.29, 1.82) is 0 Å². The third kappa shape index (κ3) is 4.29. The molecule has 6 nitrogen and oxygen atoms in total. The minimum atomic E-state index is -0.320. The van der Waals surface area contributed by atoms with Gasteiger partial charge in [0.15, 0.2) is 16.6 Å². The van der Waals surface area contributed by atoms with Crippen molar-refractivity contribution in [2.24, 2.45) is 0 Å². The first kappa shape index (κ1) is 15.0. The van der Waals surface area contributed by atoms with Crippen LogP contribution < -0.4 is 25.6 Å². The van der Waals surface area contributed by atoms with Crippen LogP contribution in [0.25, 0.3) is 0 Å².